The first-order valence-electron chi connectivity index (χ1n) is 8.50. The van der Waals surface area contributed by atoms with Gasteiger partial charge in [0.25, 0.3) is 0 Å². The zero-order valence-corrected chi connectivity index (χ0v) is 16.7. The lowest BCUT2D eigenvalue weighted by Gasteiger charge is -2.10. The van der Waals surface area contributed by atoms with Gasteiger partial charge in [-0.2, -0.15) is 0 Å². The van der Waals surface area contributed by atoms with E-state index in [2.05, 4.69) is 23.6 Å². The van der Waals surface area contributed by atoms with Crippen LogP contribution in [0.15, 0.2) is 51.1 Å². The van der Waals surface area contributed by atoms with Crippen LogP contribution in [-0.2, 0) is 16.6 Å². The van der Waals surface area contributed by atoms with Gasteiger partial charge in [0.15, 0.2) is 5.76 Å². The first kappa shape index (κ1) is 18.8. The summed E-state index contributed by atoms with van der Waals surface area (Å²) in [6.07, 6.45) is 1.02. The maximum Gasteiger partial charge on any atom is 0.240 e. The van der Waals surface area contributed by atoms with Crippen molar-refractivity contribution in [2.45, 2.75) is 44.6 Å². The number of thiazole rings is 1. The van der Waals surface area contributed by atoms with E-state index in [4.69, 9.17) is 4.42 Å². The second kappa shape index (κ2) is 7.73. The predicted molar refractivity (Wildman–Crippen MR) is 104 cm³/mol. The van der Waals surface area contributed by atoms with Crippen LogP contribution < -0.4 is 4.72 Å². The van der Waals surface area contributed by atoms with Crippen LogP contribution in [0.25, 0.3) is 11.5 Å². The molecule has 0 amide bonds. The van der Waals surface area contributed by atoms with E-state index in [1.165, 1.54) is 0 Å². The van der Waals surface area contributed by atoms with Crippen LogP contribution in [0, 0.1) is 6.92 Å². The molecule has 0 spiro atoms. The Bertz CT molecular complexity index is 972. The van der Waals surface area contributed by atoms with Gasteiger partial charge in [-0.3, -0.25) is 0 Å². The molecule has 0 saturated carbocycles. The van der Waals surface area contributed by atoms with Crippen LogP contribution in [0.1, 0.15) is 42.5 Å². The molecule has 1 N–H and O–H groups in total. The lowest BCUT2D eigenvalue weighted by Crippen LogP contribution is -2.23. The van der Waals surface area contributed by atoms with Gasteiger partial charge in [0.2, 0.25) is 10.0 Å². The monoisotopic (exact) mass is 390 g/mol. The third kappa shape index (κ3) is 4.23. The van der Waals surface area contributed by atoms with Crippen molar-refractivity contribution in [1.82, 2.24) is 9.71 Å². The van der Waals surface area contributed by atoms with Crippen LogP contribution in [0.5, 0.6) is 0 Å². The van der Waals surface area contributed by atoms with Crippen LogP contribution in [0.3, 0.4) is 0 Å². The van der Waals surface area contributed by atoms with Crippen LogP contribution in [0.4, 0.5) is 0 Å². The van der Waals surface area contributed by atoms with E-state index in [-0.39, 0.29) is 11.4 Å². The number of rotatable bonds is 7. The molecule has 138 valence electrons. The number of sulfonamides is 1. The molecule has 0 fully saturated rings. The standard InChI is InChI=1S/C19H22N2O3S2/c1-4-13(2)15-5-8-17(9-6-15)26(22,23)20-11-16-7-10-19(24-16)18-12-25-14(3)21-18/h5-10,12-13,20H,4,11H2,1-3H3/t13-/m1/s1. The lowest BCUT2D eigenvalue weighted by atomic mass is 9.99. The molecule has 0 aliphatic heterocycles. The van der Waals surface area contributed by atoms with Crippen molar-refractivity contribution in [3.05, 3.63) is 58.1 Å². The van der Waals surface area contributed by atoms with Gasteiger partial charge in [0.05, 0.1) is 16.4 Å². The number of hydrogen-bond donors (Lipinski definition) is 1. The minimum absolute atomic E-state index is 0.0958. The molecule has 1 atom stereocenters. The zero-order valence-electron chi connectivity index (χ0n) is 15.0. The van der Waals surface area contributed by atoms with E-state index < -0.39 is 10.0 Å². The Morgan fingerprint density at radius 2 is 1.92 bits per heavy atom. The molecule has 0 aliphatic rings. The number of furan rings is 1. The number of aromatic nitrogens is 1. The zero-order chi connectivity index (χ0) is 18.7. The molecule has 0 bridgehead atoms. The van der Waals surface area contributed by atoms with Gasteiger partial charge in [-0.25, -0.2) is 18.1 Å². The Morgan fingerprint density at radius 1 is 1.19 bits per heavy atom. The number of benzene rings is 1. The van der Waals surface area contributed by atoms with Crippen molar-refractivity contribution < 1.29 is 12.8 Å². The van der Waals surface area contributed by atoms with E-state index >= 15 is 0 Å². The number of nitrogens with one attached hydrogen (secondary N) is 1. The molecule has 0 radical (unpaired) electrons. The fourth-order valence-electron chi connectivity index (χ4n) is 2.55. The number of nitrogens with zero attached hydrogens (tertiary/aromatic N) is 1. The molecule has 5 nitrogen and oxygen atoms in total. The summed E-state index contributed by atoms with van der Waals surface area (Å²) in [6, 6.07) is 10.6. The minimum atomic E-state index is -3.58. The minimum Gasteiger partial charge on any atom is -0.458 e. The van der Waals surface area contributed by atoms with E-state index in [0.29, 0.717) is 17.4 Å². The van der Waals surface area contributed by atoms with Gasteiger partial charge in [0, 0.05) is 5.38 Å². The maximum absolute atomic E-state index is 12.5. The van der Waals surface area contributed by atoms with Gasteiger partial charge in [-0.15, -0.1) is 11.3 Å². The number of aryl methyl sites for hydroxylation is 1. The Kier molecular flexibility index (Phi) is 5.60. The Balaban J connectivity index is 1.68. The summed E-state index contributed by atoms with van der Waals surface area (Å²) in [4.78, 5) is 4.62. The summed E-state index contributed by atoms with van der Waals surface area (Å²) in [5, 5.41) is 2.88. The molecule has 3 rings (SSSR count). The molecule has 7 heteroatoms. The van der Waals surface area contributed by atoms with Crippen molar-refractivity contribution in [1.29, 1.82) is 0 Å². The average Bonchev–Trinajstić information content (AvgIpc) is 3.28. The Labute approximate surface area is 158 Å². The first-order valence-corrected chi connectivity index (χ1v) is 10.9. The van der Waals surface area contributed by atoms with Crippen molar-refractivity contribution in [3.8, 4) is 11.5 Å². The average molecular weight is 391 g/mol. The number of hydrogen-bond acceptors (Lipinski definition) is 5. The highest BCUT2D eigenvalue weighted by molar-refractivity contribution is 7.89. The topological polar surface area (TPSA) is 72.2 Å². The maximum atomic E-state index is 12.5. The summed E-state index contributed by atoms with van der Waals surface area (Å²) in [5.74, 6) is 1.60. The largest absolute Gasteiger partial charge is 0.458 e. The molecule has 3 aromatic rings. The van der Waals surface area contributed by atoms with Gasteiger partial charge >= 0.3 is 0 Å². The molecule has 0 unspecified atom stereocenters. The summed E-state index contributed by atoms with van der Waals surface area (Å²) in [5.41, 5.74) is 1.91. The molecule has 0 saturated heterocycles. The molecule has 2 aromatic heterocycles. The van der Waals surface area contributed by atoms with Crippen molar-refractivity contribution in [3.63, 3.8) is 0 Å². The fourth-order valence-corrected chi connectivity index (χ4v) is 4.14. The highest BCUT2D eigenvalue weighted by Gasteiger charge is 2.16. The van der Waals surface area contributed by atoms with Crippen molar-refractivity contribution >= 4 is 21.4 Å². The smallest absolute Gasteiger partial charge is 0.240 e. The van der Waals surface area contributed by atoms with Crippen LogP contribution in [-0.4, -0.2) is 13.4 Å². The van der Waals surface area contributed by atoms with Crippen LogP contribution >= 0.6 is 11.3 Å². The van der Waals surface area contributed by atoms with Crippen LogP contribution in [0.2, 0.25) is 0 Å². The molecular formula is C19H22N2O3S2. The second-order valence-corrected chi connectivity index (χ2v) is 9.05. The molecule has 2 heterocycles. The molecular weight excluding hydrogens is 368 g/mol. The summed E-state index contributed by atoms with van der Waals surface area (Å²) in [7, 11) is -3.58. The molecule has 1 aromatic carbocycles. The molecule has 26 heavy (non-hydrogen) atoms. The normalized spacial score (nSPS) is 13.0. The van der Waals surface area contributed by atoms with Gasteiger partial charge in [0.1, 0.15) is 11.5 Å². The van der Waals surface area contributed by atoms with Gasteiger partial charge in [-0.1, -0.05) is 26.0 Å². The summed E-state index contributed by atoms with van der Waals surface area (Å²) < 4.78 is 33.2. The van der Waals surface area contributed by atoms with Crippen molar-refractivity contribution in [2.75, 3.05) is 0 Å². The van der Waals surface area contributed by atoms with E-state index in [9.17, 15) is 8.42 Å². The van der Waals surface area contributed by atoms with E-state index in [1.807, 2.05) is 24.4 Å². The predicted octanol–water partition coefficient (Wildman–Crippen LogP) is 4.70. The highest BCUT2D eigenvalue weighted by Crippen LogP contribution is 2.24. The Morgan fingerprint density at radius 3 is 2.54 bits per heavy atom. The third-order valence-corrected chi connectivity index (χ3v) is 6.53. The molecule has 0 aliphatic carbocycles. The fraction of sp³-hybridized carbons (Fsp3) is 0.316. The third-order valence-electron chi connectivity index (χ3n) is 4.34. The van der Waals surface area contributed by atoms with Crippen molar-refractivity contribution in [2.24, 2.45) is 0 Å². The summed E-state index contributed by atoms with van der Waals surface area (Å²) in [6.45, 7) is 6.26. The van der Waals surface area contributed by atoms with Gasteiger partial charge < -0.3 is 4.42 Å². The summed E-state index contributed by atoms with van der Waals surface area (Å²) >= 11 is 1.55. The highest BCUT2D eigenvalue weighted by atomic mass is 32.2. The van der Waals surface area contributed by atoms with E-state index in [0.717, 1.165) is 22.7 Å². The Hall–Kier alpha value is -1.96. The van der Waals surface area contributed by atoms with Gasteiger partial charge in [-0.05, 0) is 49.1 Å². The first-order chi connectivity index (χ1) is 12.4. The lowest BCUT2D eigenvalue weighted by molar-refractivity contribution is 0.508. The SMILES string of the molecule is CC[C@@H](C)c1ccc(S(=O)(=O)NCc2ccc(-c3csc(C)n3)o2)cc1. The van der Waals surface area contributed by atoms with E-state index in [1.54, 1.807) is 35.6 Å². The second-order valence-electron chi connectivity index (χ2n) is 6.22. The quantitative estimate of drug-likeness (QED) is 0.634.